The van der Waals surface area contributed by atoms with Crippen LogP contribution < -0.4 is 11.1 Å². The smallest absolute Gasteiger partial charge is 0.303 e. The SMILES string of the molecule is NCc1nnc(SCC(=O)NCCCC(=O)O)n1C1CC1. The fraction of sp³-hybridized carbons (Fsp3) is 0.667. The number of hydrogen-bond donors (Lipinski definition) is 3. The van der Waals surface area contributed by atoms with Crippen LogP contribution in [0.3, 0.4) is 0 Å². The lowest BCUT2D eigenvalue weighted by atomic mass is 10.3. The number of aliphatic carboxylic acids is 1. The molecule has 0 bridgehead atoms. The van der Waals surface area contributed by atoms with Crippen molar-refractivity contribution in [2.45, 2.75) is 43.4 Å². The standard InChI is InChI=1S/C12H19N5O3S/c13-6-9-15-16-12(17(9)8-3-4-8)21-7-10(18)14-5-1-2-11(19)20/h8H,1-7,13H2,(H,14,18)(H,19,20). The van der Waals surface area contributed by atoms with E-state index >= 15 is 0 Å². The van der Waals surface area contributed by atoms with Crippen molar-refractivity contribution in [2.75, 3.05) is 12.3 Å². The number of carbonyl (C=O) groups is 2. The van der Waals surface area contributed by atoms with Gasteiger partial charge in [-0.25, -0.2) is 0 Å². The van der Waals surface area contributed by atoms with E-state index in [4.69, 9.17) is 10.8 Å². The van der Waals surface area contributed by atoms with Crippen LogP contribution in [0.15, 0.2) is 5.16 Å². The summed E-state index contributed by atoms with van der Waals surface area (Å²) in [6.07, 6.45) is 2.69. The minimum atomic E-state index is -0.856. The number of aromatic nitrogens is 3. The summed E-state index contributed by atoms with van der Waals surface area (Å²) >= 11 is 1.33. The highest BCUT2D eigenvalue weighted by atomic mass is 32.2. The third kappa shape index (κ3) is 4.71. The van der Waals surface area contributed by atoms with Gasteiger partial charge in [-0.05, 0) is 19.3 Å². The maximum absolute atomic E-state index is 11.7. The van der Waals surface area contributed by atoms with E-state index in [1.807, 2.05) is 4.57 Å². The number of nitrogens with one attached hydrogen (secondary N) is 1. The van der Waals surface area contributed by atoms with Crippen LogP contribution in [0.2, 0.25) is 0 Å². The largest absolute Gasteiger partial charge is 0.481 e. The van der Waals surface area contributed by atoms with Gasteiger partial charge in [-0.2, -0.15) is 0 Å². The van der Waals surface area contributed by atoms with Crippen molar-refractivity contribution >= 4 is 23.6 Å². The van der Waals surface area contributed by atoms with Crippen LogP contribution in [0.5, 0.6) is 0 Å². The van der Waals surface area contributed by atoms with Gasteiger partial charge in [0.05, 0.1) is 12.3 Å². The van der Waals surface area contributed by atoms with Crippen LogP contribution in [-0.2, 0) is 16.1 Å². The Morgan fingerprint density at radius 2 is 2.19 bits per heavy atom. The third-order valence-electron chi connectivity index (χ3n) is 3.05. The number of amides is 1. The van der Waals surface area contributed by atoms with Gasteiger partial charge in [0.25, 0.3) is 0 Å². The van der Waals surface area contributed by atoms with Crippen LogP contribution in [0.4, 0.5) is 0 Å². The van der Waals surface area contributed by atoms with Crippen molar-refractivity contribution in [3.63, 3.8) is 0 Å². The molecular weight excluding hydrogens is 294 g/mol. The quantitative estimate of drug-likeness (QED) is 0.438. The van der Waals surface area contributed by atoms with Crippen molar-refractivity contribution in [1.82, 2.24) is 20.1 Å². The molecule has 0 radical (unpaired) electrons. The average Bonchev–Trinajstić information content (AvgIpc) is 3.21. The van der Waals surface area contributed by atoms with Crippen molar-refractivity contribution in [2.24, 2.45) is 5.73 Å². The molecule has 1 aromatic heterocycles. The second kappa shape index (κ2) is 7.41. The van der Waals surface area contributed by atoms with Gasteiger partial charge in [0, 0.05) is 19.0 Å². The zero-order chi connectivity index (χ0) is 15.2. The summed E-state index contributed by atoms with van der Waals surface area (Å²) in [7, 11) is 0. The molecule has 0 saturated heterocycles. The summed E-state index contributed by atoms with van der Waals surface area (Å²) in [5, 5.41) is 20.0. The highest BCUT2D eigenvalue weighted by Crippen LogP contribution is 2.38. The molecular formula is C12H19N5O3S. The van der Waals surface area contributed by atoms with Crippen molar-refractivity contribution < 1.29 is 14.7 Å². The first-order valence-corrected chi connectivity index (χ1v) is 7.85. The van der Waals surface area contributed by atoms with Crippen LogP contribution in [0.1, 0.15) is 37.5 Å². The van der Waals surface area contributed by atoms with Gasteiger partial charge in [0.2, 0.25) is 5.91 Å². The van der Waals surface area contributed by atoms with Crippen LogP contribution >= 0.6 is 11.8 Å². The lowest BCUT2D eigenvalue weighted by Gasteiger charge is -2.07. The second-order valence-electron chi connectivity index (χ2n) is 4.84. The number of rotatable bonds is 9. The van der Waals surface area contributed by atoms with Gasteiger partial charge in [0.15, 0.2) is 5.16 Å². The Morgan fingerprint density at radius 3 is 2.81 bits per heavy atom. The normalized spacial score (nSPS) is 14.1. The molecule has 0 spiro atoms. The van der Waals surface area contributed by atoms with Crippen LogP contribution in [-0.4, -0.2) is 44.0 Å². The molecule has 1 aliphatic carbocycles. The molecule has 1 fully saturated rings. The van der Waals surface area contributed by atoms with Gasteiger partial charge >= 0.3 is 5.97 Å². The first kappa shape index (κ1) is 15.8. The second-order valence-corrected chi connectivity index (χ2v) is 5.78. The zero-order valence-corrected chi connectivity index (χ0v) is 12.4. The number of carboxylic acids is 1. The first-order chi connectivity index (χ1) is 10.1. The molecule has 21 heavy (non-hydrogen) atoms. The molecule has 2 rings (SSSR count). The van der Waals surface area contributed by atoms with E-state index in [1.54, 1.807) is 0 Å². The number of hydrogen-bond acceptors (Lipinski definition) is 6. The minimum absolute atomic E-state index is 0.0588. The molecule has 1 aliphatic rings. The Bertz CT molecular complexity index is 515. The van der Waals surface area contributed by atoms with Crippen molar-refractivity contribution in [1.29, 1.82) is 0 Å². The summed E-state index contributed by atoms with van der Waals surface area (Å²) in [5.41, 5.74) is 5.63. The summed E-state index contributed by atoms with van der Waals surface area (Å²) in [6.45, 7) is 0.709. The number of nitrogens with zero attached hydrogens (tertiary/aromatic N) is 3. The number of thioether (sulfide) groups is 1. The highest BCUT2D eigenvalue weighted by molar-refractivity contribution is 7.99. The predicted octanol–water partition coefficient (Wildman–Crippen LogP) is 0.145. The summed E-state index contributed by atoms with van der Waals surface area (Å²) < 4.78 is 2.02. The fourth-order valence-corrected chi connectivity index (χ4v) is 2.75. The van der Waals surface area contributed by atoms with Gasteiger partial charge in [-0.1, -0.05) is 11.8 Å². The Kier molecular flexibility index (Phi) is 5.57. The molecule has 4 N–H and O–H groups in total. The number of nitrogens with two attached hydrogens (primary N) is 1. The summed E-state index contributed by atoms with van der Waals surface area (Å²) in [4.78, 5) is 22.0. The van der Waals surface area contributed by atoms with Gasteiger partial charge in [-0.3, -0.25) is 9.59 Å². The molecule has 1 heterocycles. The van der Waals surface area contributed by atoms with Crippen LogP contribution in [0.25, 0.3) is 0 Å². The molecule has 1 aromatic rings. The maximum Gasteiger partial charge on any atom is 0.303 e. The molecule has 116 valence electrons. The van der Waals surface area contributed by atoms with E-state index in [-0.39, 0.29) is 18.1 Å². The highest BCUT2D eigenvalue weighted by Gasteiger charge is 2.29. The van der Waals surface area contributed by atoms with E-state index in [2.05, 4.69) is 15.5 Å². The van der Waals surface area contributed by atoms with Crippen molar-refractivity contribution in [3.05, 3.63) is 5.82 Å². The fourth-order valence-electron chi connectivity index (χ4n) is 1.89. The maximum atomic E-state index is 11.7. The lowest BCUT2D eigenvalue weighted by molar-refractivity contribution is -0.137. The summed E-state index contributed by atoms with van der Waals surface area (Å²) in [5.74, 6) is 0.0000446. The van der Waals surface area contributed by atoms with E-state index in [9.17, 15) is 9.59 Å². The number of carboxylic acid groups (broad SMARTS) is 1. The zero-order valence-electron chi connectivity index (χ0n) is 11.6. The molecule has 9 heteroatoms. The molecule has 0 aliphatic heterocycles. The Labute approximate surface area is 126 Å². The van der Waals surface area contributed by atoms with Gasteiger partial charge < -0.3 is 20.7 Å². The summed E-state index contributed by atoms with van der Waals surface area (Å²) in [6, 6.07) is 0.416. The minimum Gasteiger partial charge on any atom is -0.481 e. The molecule has 0 aromatic carbocycles. The molecule has 8 nitrogen and oxygen atoms in total. The Morgan fingerprint density at radius 1 is 1.43 bits per heavy atom. The van der Waals surface area contributed by atoms with Crippen molar-refractivity contribution in [3.8, 4) is 0 Å². The van der Waals surface area contributed by atoms with Gasteiger partial charge in [0.1, 0.15) is 5.82 Å². The Hall–Kier alpha value is -1.61. The van der Waals surface area contributed by atoms with E-state index in [1.165, 1.54) is 11.8 Å². The molecule has 1 saturated carbocycles. The Balaban J connectivity index is 1.76. The van der Waals surface area contributed by atoms with Crippen LogP contribution in [0, 0.1) is 0 Å². The molecule has 0 atom stereocenters. The topological polar surface area (TPSA) is 123 Å². The average molecular weight is 313 g/mol. The van der Waals surface area contributed by atoms with E-state index in [0.717, 1.165) is 23.8 Å². The monoisotopic (exact) mass is 313 g/mol. The lowest BCUT2D eigenvalue weighted by Crippen LogP contribution is -2.26. The number of carbonyl (C=O) groups excluding carboxylic acids is 1. The van der Waals surface area contributed by atoms with E-state index in [0.29, 0.717) is 25.6 Å². The molecule has 1 amide bonds. The van der Waals surface area contributed by atoms with E-state index < -0.39 is 5.97 Å². The van der Waals surface area contributed by atoms with Gasteiger partial charge in [-0.15, -0.1) is 10.2 Å². The third-order valence-corrected chi connectivity index (χ3v) is 3.99. The predicted molar refractivity (Wildman–Crippen MR) is 76.8 cm³/mol. The first-order valence-electron chi connectivity index (χ1n) is 6.87. The molecule has 0 unspecified atom stereocenters.